The maximum atomic E-state index is 13.4. The Bertz CT molecular complexity index is 1050. The van der Waals surface area contributed by atoms with Gasteiger partial charge in [-0.2, -0.15) is 5.10 Å². The van der Waals surface area contributed by atoms with Gasteiger partial charge in [0, 0.05) is 47.2 Å². The summed E-state index contributed by atoms with van der Waals surface area (Å²) < 4.78 is 1.94. The molecule has 1 aliphatic heterocycles. The maximum absolute atomic E-state index is 13.4. The zero-order valence-corrected chi connectivity index (χ0v) is 18.0. The number of hydrogen-bond donors (Lipinski definition) is 0. The molecular weight excluding hydrogens is 404 g/mol. The number of aryl methyl sites for hydroxylation is 1. The minimum atomic E-state index is 0.0587. The molecule has 0 atom stereocenters. The van der Waals surface area contributed by atoms with Crippen molar-refractivity contribution in [3.8, 4) is 16.9 Å². The first-order chi connectivity index (χ1) is 14.2. The molecule has 0 bridgehead atoms. The molecule has 150 valence electrons. The Morgan fingerprint density at radius 2 is 1.86 bits per heavy atom. The van der Waals surface area contributed by atoms with Crippen LogP contribution in [0.4, 0.5) is 0 Å². The molecule has 5 nitrogen and oxygen atoms in total. The standard InChI is InChI=1S/C22H23ClN4OS/c1-2-25-10-12-26(13-11-25)22(28)20-18-7-8-19-17(9-14-29-19)21(18)27(24-20)16-5-3-15(23)4-6-16/h3-6,9,14H,2,7-8,10-13H2,1H3. The SMILES string of the molecule is CCN1CCN(C(=O)c2nn(-c3ccc(Cl)cc3)c3c2CCc2sccc2-3)CC1. The van der Waals surface area contributed by atoms with Gasteiger partial charge in [-0.05, 0) is 55.1 Å². The third-order valence-electron chi connectivity index (χ3n) is 5.97. The molecule has 0 saturated carbocycles. The van der Waals surface area contributed by atoms with Gasteiger partial charge in [0.05, 0.1) is 11.4 Å². The number of amides is 1. The number of hydrogen-bond acceptors (Lipinski definition) is 4. The molecule has 3 aromatic rings. The van der Waals surface area contributed by atoms with Crippen molar-refractivity contribution in [1.82, 2.24) is 19.6 Å². The van der Waals surface area contributed by atoms with E-state index in [4.69, 9.17) is 16.7 Å². The monoisotopic (exact) mass is 426 g/mol. The summed E-state index contributed by atoms with van der Waals surface area (Å²) in [4.78, 5) is 19.1. The van der Waals surface area contributed by atoms with Gasteiger partial charge in [-0.25, -0.2) is 4.68 Å². The van der Waals surface area contributed by atoms with Gasteiger partial charge in [-0.3, -0.25) is 4.79 Å². The molecule has 3 heterocycles. The zero-order valence-electron chi connectivity index (χ0n) is 16.4. The molecule has 1 aliphatic carbocycles. The number of aromatic nitrogens is 2. The third-order valence-corrected chi connectivity index (χ3v) is 7.20. The molecule has 29 heavy (non-hydrogen) atoms. The predicted octanol–water partition coefficient (Wildman–Crippen LogP) is 4.13. The number of carbonyl (C=O) groups is 1. The normalized spacial score (nSPS) is 16.6. The summed E-state index contributed by atoms with van der Waals surface area (Å²) in [5.74, 6) is 0.0587. The highest BCUT2D eigenvalue weighted by atomic mass is 35.5. The lowest BCUT2D eigenvalue weighted by Gasteiger charge is -2.33. The average Bonchev–Trinajstić information content (AvgIpc) is 3.38. The summed E-state index contributed by atoms with van der Waals surface area (Å²) in [7, 11) is 0. The number of fused-ring (bicyclic) bond motifs is 3. The molecule has 0 unspecified atom stereocenters. The van der Waals surface area contributed by atoms with Crippen molar-refractivity contribution in [2.45, 2.75) is 19.8 Å². The van der Waals surface area contributed by atoms with Crippen molar-refractivity contribution in [1.29, 1.82) is 0 Å². The molecule has 0 N–H and O–H groups in total. The van der Waals surface area contributed by atoms with Crippen molar-refractivity contribution >= 4 is 28.8 Å². The molecule has 0 radical (unpaired) electrons. The highest BCUT2D eigenvalue weighted by molar-refractivity contribution is 7.10. The first-order valence-electron chi connectivity index (χ1n) is 10.1. The van der Waals surface area contributed by atoms with E-state index in [1.54, 1.807) is 11.3 Å². The Morgan fingerprint density at radius 1 is 1.10 bits per heavy atom. The molecule has 1 aromatic carbocycles. The van der Waals surface area contributed by atoms with E-state index in [2.05, 4.69) is 23.3 Å². The summed E-state index contributed by atoms with van der Waals surface area (Å²) in [6, 6.07) is 9.82. The smallest absolute Gasteiger partial charge is 0.274 e. The number of carbonyl (C=O) groups excluding carboxylic acids is 1. The largest absolute Gasteiger partial charge is 0.335 e. The molecule has 1 fully saturated rings. The summed E-state index contributed by atoms with van der Waals surface area (Å²) in [5, 5.41) is 7.68. The fourth-order valence-corrected chi connectivity index (χ4v) is 5.31. The van der Waals surface area contributed by atoms with E-state index >= 15 is 0 Å². The number of piperazine rings is 1. The summed E-state index contributed by atoms with van der Waals surface area (Å²) in [6.07, 6.45) is 1.82. The minimum absolute atomic E-state index is 0.0587. The van der Waals surface area contributed by atoms with Crippen LogP contribution in [0.2, 0.25) is 5.02 Å². The van der Waals surface area contributed by atoms with Gasteiger partial charge in [-0.15, -0.1) is 11.3 Å². The fourth-order valence-electron chi connectivity index (χ4n) is 4.31. The second-order valence-corrected chi connectivity index (χ2v) is 8.99. The number of thiophene rings is 1. The summed E-state index contributed by atoms with van der Waals surface area (Å²) >= 11 is 7.87. The fraction of sp³-hybridized carbons (Fsp3) is 0.364. The van der Waals surface area contributed by atoms with Crippen LogP contribution >= 0.6 is 22.9 Å². The van der Waals surface area contributed by atoms with Gasteiger partial charge in [0.15, 0.2) is 5.69 Å². The zero-order chi connectivity index (χ0) is 20.0. The van der Waals surface area contributed by atoms with E-state index in [0.29, 0.717) is 10.7 Å². The minimum Gasteiger partial charge on any atom is -0.335 e. The molecule has 0 spiro atoms. The van der Waals surface area contributed by atoms with Gasteiger partial charge < -0.3 is 9.80 Å². The van der Waals surface area contributed by atoms with E-state index in [0.717, 1.165) is 62.5 Å². The molecule has 2 aromatic heterocycles. The van der Waals surface area contributed by atoms with Crippen molar-refractivity contribution in [3.05, 3.63) is 56.9 Å². The van der Waals surface area contributed by atoms with Gasteiger partial charge in [0.1, 0.15) is 0 Å². The molecule has 1 saturated heterocycles. The van der Waals surface area contributed by atoms with Crippen LogP contribution in [0.25, 0.3) is 16.9 Å². The van der Waals surface area contributed by atoms with Crippen molar-refractivity contribution in [3.63, 3.8) is 0 Å². The number of likely N-dealkylation sites (N-methyl/N-ethyl adjacent to an activating group) is 1. The van der Waals surface area contributed by atoms with Crippen molar-refractivity contribution in [2.75, 3.05) is 32.7 Å². The van der Waals surface area contributed by atoms with Crippen molar-refractivity contribution < 1.29 is 4.79 Å². The quantitative estimate of drug-likeness (QED) is 0.632. The summed E-state index contributed by atoms with van der Waals surface area (Å²) in [6.45, 7) is 6.58. The number of halogens is 1. The van der Waals surface area contributed by atoms with E-state index in [9.17, 15) is 4.79 Å². The van der Waals surface area contributed by atoms with Gasteiger partial charge in [0.2, 0.25) is 0 Å². The van der Waals surface area contributed by atoms with E-state index < -0.39 is 0 Å². The molecular formula is C22H23ClN4OS. The highest BCUT2D eigenvalue weighted by Crippen LogP contribution is 2.39. The lowest BCUT2D eigenvalue weighted by molar-refractivity contribution is 0.0636. The topological polar surface area (TPSA) is 41.4 Å². The Hall–Kier alpha value is -2.15. The Kier molecular flexibility index (Phi) is 4.94. The Labute approximate surface area is 179 Å². The Morgan fingerprint density at radius 3 is 2.59 bits per heavy atom. The molecule has 5 rings (SSSR count). The lowest BCUT2D eigenvalue weighted by atomic mass is 9.94. The van der Waals surface area contributed by atoms with Gasteiger partial charge in [-0.1, -0.05) is 18.5 Å². The first kappa shape index (κ1) is 18.9. The van der Waals surface area contributed by atoms with Crippen LogP contribution in [0, 0.1) is 0 Å². The number of benzene rings is 1. The van der Waals surface area contributed by atoms with Crippen LogP contribution in [0.15, 0.2) is 35.7 Å². The molecule has 1 amide bonds. The van der Waals surface area contributed by atoms with E-state index in [1.165, 1.54) is 10.4 Å². The van der Waals surface area contributed by atoms with E-state index in [1.807, 2.05) is 33.8 Å². The predicted molar refractivity (Wildman–Crippen MR) is 117 cm³/mol. The van der Waals surface area contributed by atoms with Crippen LogP contribution in [-0.4, -0.2) is 58.2 Å². The maximum Gasteiger partial charge on any atom is 0.274 e. The molecule has 2 aliphatic rings. The van der Waals surface area contributed by atoms with Crippen molar-refractivity contribution in [2.24, 2.45) is 0 Å². The number of nitrogens with zero attached hydrogens (tertiary/aromatic N) is 4. The van der Waals surface area contributed by atoms with Gasteiger partial charge >= 0.3 is 0 Å². The van der Waals surface area contributed by atoms with E-state index in [-0.39, 0.29) is 5.91 Å². The van der Waals surface area contributed by atoms with Gasteiger partial charge in [0.25, 0.3) is 5.91 Å². The van der Waals surface area contributed by atoms with Crippen LogP contribution in [0.3, 0.4) is 0 Å². The number of rotatable bonds is 3. The van der Waals surface area contributed by atoms with Crippen LogP contribution in [-0.2, 0) is 12.8 Å². The first-order valence-corrected chi connectivity index (χ1v) is 11.4. The third kappa shape index (κ3) is 3.29. The van der Waals surface area contributed by atoms with Crippen LogP contribution < -0.4 is 0 Å². The Balaban J connectivity index is 1.58. The lowest BCUT2D eigenvalue weighted by Crippen LogP contribution is -2.48. The average molecular weight is 427 g/mol. The summed E-state index contributed by atoms with van der Waals surface area (Å²) in [5.41, 5.74) is 4.88. The molecule has 7 heteroatoms. The van der Waals surface area contributed by atoms with Crippen LogP contribution in [0.1, 0.15) is 27.9 Å². The van der Waals surface area contributed by atoms with Crippen LogP contribution in [0.5, 0.6) is 0 Å². The highest BCUT2D eigenvalue weighted by Gasteiger charge is 2.32. The second-order valence-electron chi connectivity index (χ2n) is 7.55. The second kappa shape index (κ2) is 7.59.